The molecule has 0 saturated heterocycles. The predicted octanol–water partition coefficient (Wildman–Crippen LogP) is 6.23. The number of para-hydroxylation sites is 1. The van der Waals surface area contributed by atoms with Gasteiger partial charge in [-0.2, -0.15) is 0 Å². The number of fused-ring (bicyclic) bond motifs is 3. The zero-order valence-electron chi connectivity index (χ0n) is 20.9. The lowest BCUT2D eigenvalue weighted by atomic mass is 9.94. The van der Waals surface area contributed by atoms with Crippen molar-refractivity contribution < 1.29 is 0 Å². The zero-order valence-corrected chi connectivity index (χ0v) is 20.9. The molecule has 0 atom stereocenters. The number of rotatable bonds is 4. The van der Waals surface area contributed by atoms with Crippen LogP contribution in [0, 0.1) is 0 Å². The molecule has 0 amide bonds. The molecule has 0 saturated carbocycles. The summed E-state index contributed by atoms with van der Waals surface area (Å²) in [5.41, 5.74) is 7.54. The molecule has 7 rings (SSSR count). The molecule has 0 radical (unpaired) electrons. The molecule has 0 aliphatic rings. The third kappa shape index (κ3) is 3.85. The Bertz CT molecular complexity index is 1870. The number of hydrogen-bond donors (Lipinski definition) is 0. The maximum absolute atomic E-state index is 4.93. The van der Waals surface area contributed by atoms with Crippen LogP contribution in [0.15, 0.2) is 127 Å². The Labute approximate surface area is 221 Å². The van der Waals surface area contributed by atoms with Crippen LogP contribution in [-0.2, 0) is 0 Å². The molecule has 38 heavy (non-hydrogen) atoms. The van der Waals surface area contributed by atoms with Gasteiger partial charge in [0.25, 0.3) is 0 Å². The molecule has 0 N–H and O–H groups in total. The van der Waals surface area contributed by atoms with Gasteiger partial charge in [0.1, 0.15) is 7.85 Å². The predicted molar refractivity (Wildman–Crippen MR) is 159 cm³/mol. The average Bonchev–Trinajstić information content (AvgIpc) is 3.31. The Balaban J connectivity index is 1.44. The van der Waals surface area contributed by atoms with Gasteiger partial charge in [-0.3, -0.25) is 0 Å². The standard InChI is InChI=1S/C33H23BN4/c34-25-18-19-30-28(21-25)27-16-7-8-17-29(27)38(30)26-15-9-14-24(20-26)33-36-31(22-10-3-1-4-11-22)35-32(37-33)23-12-5-2-6-13-23/h1-21H,34H2. The Morgan fingerprint density at radius 1 is 0.447 bits per heavy atom. The first-order valence-corrected chi connectivity index (χ1v) is 12.7. The maximum Gasteiger partial charge on any atom is 0.164 e. The third-order valence-corrected chi connectivity index (χ3v) is 6.89. The van der Waals surface area contributed by atoms with Gasteiger partial charge in [0, 0.05) is 33.2 Å². The molecule has 2 heterocycles. The highest BCUT2D eigenvalue weighted by Crippen LogP contribution is 2.33. The fourth-order valence-electron chi connectivity index (χ4n) is 5.09. The molecule has 178 valence electrons. The van der Waals surface area contributed by atoms with Crippen molar-refractivity contribution in [3.63, 3.8) is 0 Å². The lowest BCUT2D eigenvalue weighted by Gasteiger charge is -2.11. The van der Waals surface area contributed by atoms with E-state index >= 15 is 0 Å². The molecular weight excluding hydrogens is 463 g/mol. The van der Waals surface area contributed by atoms with Gasteiger partial charge in [0.2, 0.25) is 0 Å². The molecule has 5 heteroatoms. The number of aromatic nitrogens is 4. The maximum atomic E-state index is 4.93. The summed E-state index contributed by atoms with van der Waals surface area (Å²) in [7, 11) is 2.14. The molecule has 0 spiro atoms. The summed E-state index contributed by atoms with van der Waals surface area (Å²) < 4.78 is 2.32. The van der Waals surface area contributed by atoms with Crippen LogP contribution in [0.3, 0.4) is 0 Å². The minimum absolute atomic E-state index is 0.649. The number of nitrogens with zero attached hydrogens (tertiary/aromatic N) is 4. The van der Waals surface area contributed by atoms with Crippen LogP contribution in [0.25, 0.3) is 61.7 Å². The van der Waals surface area contributed by atoms with E-state index in [1.807, 2.05) is 60.7 Å². The number of benzene rings is 5. The van der Waals surface area contributed by atoms with Crippen molar-refractivity contribution in [2.45, 2.75) is 0 Å². The van der Waals surface area contributed by atoms with E-state index in [2.05, 4.69) is 79.1 Å². The molecular formula is C33H23BN4. The van der Waals surface area contributed by atoms with E-state index in [0.717, 1.165) is 22.4 Å². The van der Waals surface area contributed by atoms with Crippen molar-refractivity contribution in [2.75, 3.05) is 0 Å². The van der Waals surface area contributed by atoms with Crippen LogP contribution in [0.1, 0.15) is 0 Å². The summed E-state index contributed by atoms with van der Waals surface area (Å²) in [6.07, 6.45) is 0. The lowest BCUT2D eigenvalue weighted by molar-refractivity contribution is 1.07. The first-order valence-electron chi connectivity index (χ1n) is 12.7. The summed E-state index contributed by atoms with van der Waals surface area (Å²) >= 11 is 0. The van der Waals surface area contributed by atoms with Gasteiger partial charge >= 0.3 is 0 Å². The topological polar surface area (TPSA) is 43.6 Å². The van der Waals surface area contributed by atoms with Crippen LogP contribution in [-0.4, -0.2) is 27.4 Å². The van der Waals surface area contributed by atoms with E-state index in [0.29, 0.717) is 17.5 Å². The van der Waals surface area contributed by atoms with Gasteiger partial charge in [-0.05, 0) is 24.3 Å². The molecule has 0 aliphatic heterocycles. The molecule has 0 aliphatic carbocycles. The van der Waals surface area contributed by atoms with Crippen molar-refractivity contribution in [3.8, 4) is 39.9 Å². The fourth-order valence-corrected chi connectivity index (χ4v) is 5.09. The van der Waals surface area contributed by atoms with Crippen LogP contribution >= 0.6 is 0 Å². The number of hydrogen-bond acceptors (Lipinski definition) is 3. The second-order valence-electron chi connectivity index (χ2n) is 9.46. The molecule has 0 bridgehead atoms. The molecule has 7 aromatic rings. The largest absolute Gasteiger partial charge is 0.309 e. The van der Waals surface area contributed by atoms with Crippen LogP contribution in [0.2, 0.25) is 0 Å². The summed E-state index contributed by atoms with van der Waals surface area (Å²) in [6, 6.07) is 43.8. The van der Waals surface area contributed by atoms with Crippen LogP contribution in [0.5, 0.6) is 0 Å². The van der Waals surface area contributed by atoms with Gasteiger partial charge in [-0.25, -0.2) is 15.0 Å². The summed E-state index contributed by atoms with van der Waals surface area (Å²) in [5, 5.41) is 2.50. The molecule has 5 aromatic carbocycles. The van der Waals surface area contributed by atoms with Crippen LogP contribution < -0.4 is 5.46 Å². The van der Waals surface area contributed by atoms with Crippen molar-refractivity contribution in [1.29, 1.82) is 0 Å². The van der Waals surface area contributed by atoms with Gasteiger partial charge in [-0.1, -0.05) is 109 Å². The first-order chi connectivity index (χ1) is 18.7. The zero-order chi connectivity index (χ0) is 25.5. The van der Waals surface area contributed by atoms with Gasteiger partial charge in [0.15, 0.2) is 17.5 Å². The van der Waals surface area contributed by atoms with E-state index in [1.54, 1.807) is 0 Å². The van der Waals surface area contributed by atoms with E-state index in [4.69, 9.17) is 15.0 Å². The van der Waals surface area contributed by atoms with Gasteiger partial charge in [0.05, 0.1) is 11.0 Å². The molecule has 0 fully saturated rings. The minimum Gasteiger partial charge on any atom is -0.309 e. The van der Waals surface area contributed by atoms with Gasteiger partial charge in [-0.15, -0.1) is 0 Å². The van der Waals surface area contributed by atoms with Gasteiger partial charge < -0.3 is 4.57 Å². The second kappa shape index (κ2) is 9.13. The molecule has 4 nitrogen and oxygen atoms in total. The van der Waals surface area contributed by atoms with Crippen molar-refractivity contribution in [1.82, 2.24) is 19.5 Å². The van der Waals surface area contributed by atoms with E-state index in [1.165, 1.54) is 27.3 Å². The highest BCUT2D eigenvalue weighted by Gasteiger charge is 2.15. The Kier molecular flexibility index (Phi) is 5.33. The summed E-state index contributed by atoms with van der Waals surface area (Å²) in [6.45, 7) is 0. The quantitative estimate of drug-likeness (QED) is 0.277. The normalized spacial score (nSPS) is 11.3. The fraction of sp³-hybridized carbons (Fsp3) is 0. The minimum atomic E-state index is 0.649. The third-order valence-electron chi connectivity index (χ3n) is 6.89. The van der Waals surface area contributed by atoms with Crippen LogP contribution in [0.4, 0.5) is 0 Å². The second-order valence-corrected chi connectivity index (χ2v) is 9.46. The van der Waals surface area contributed by atoms with Crippen molar-refractivity contribution in [2.24, 2.45) is 0 Å². The molecule has 0 unspecified atom stereocenters. The highest BCUT2D eigenvalue weighted by atomic mass is 15.0. The van der Waals surface area contributed by atoms with E-state index < -0.39 is 0 Å². The summed E-state index contributed by atoms with van der Waals surface area (Å²) in [5.74, 6) is 1.97. The average molecular weight is 486 g/mol. The monoisotopic (exact) mass is 486 g/mol. The van der Waals surface area contributed by atoms with Crippen molar-refractivity contribution >= 4 is 35.1 Å². The SMILES string of the molecule is Bc1ccc2c(c1)c1ccccc1n2-c1cccc(-c2nc(-c3ccccc3)nc(-c3ccccc3)n2)c1. The summed E-state index contributed by atoms with van der Waals surface area (Å²) in [4.78, 5) is 14.7. The first kappa shape index (κ1) is 22.2. The highest BCUT2D eigenvalue weighted by molar-refractivity contribution is 6.33. The Morgan fingerprint density at radius 2 is 1.00 bits per heavy atom. The van der Waals surface area contributed by atoms with E-state index in [9.17, 15) is 0 Å². The Hall–Kier alpha value is -5.03. The lowest BCUT2D eigenvalue weighted by Crippen LogP contribution is -2.02. The Morgan fingerprint density at radius 3 is 1.68 bits per heavy atom. The van der Waals surface area contributed by atoms with E-state index in [-0.39, 0.29) is 0 Å². The molecule has 2 aromatic heterocycles. The smallest absolute Gasteiger partial charge is 0.164 e. The van der Waals surface area contributed by atoms with Crippen molar-refractivity contribution in [3.05, 3.63) is 127 Å².